The van der Waals surface area contributed by atoms with E-state index in [9.17, 15) is 0 Å². The summed E-state index contributed by atoms with van der Waals surface area (Å²) in [6.45, 7) is 3.10. The Labute approximate surface area is 85.5 Å². The van der Waals surface area contributed by atoms with E-state index in [0.717, 1.165) is 19.4 Å². The molecule has 0 radical (unpaired) electrons. The van der Waals surface area contributed by atoms with Crippen LogP contribution in [-0.4, -0.2) is 12.1 Å². The van der Waals surface area contributed by atoms with Gasteiger partial charge in [0, 0.05) is 18.6 Å². The van der Waals surface area contributed by atoms with Gasteiger partial charge in [-0.2, -0.15) is 0 Å². The van der Waals surface area contributed by atoms with Crippen molar-refractivity contribution in [1.82, 2.24) is 5.32 Å². The van der Waals surface area contributed by atoms with Crippen molar-refractivity contribution in [2.45, 2.75) is 38.4 Å². The van der Waals surface area contributed by atoms with Crippen molar-refractivity contribution in [1.29, 1.82) is 0 Å². The van der Waals surface area contributed by atoms with Gasteiger partial charge in [-0.3, -0.25) is 0 Å². The molecule has 14 heavy (non-hydrogen) atoms. The van der Waals surface area contributed by atoms with Crippen LogP contribution in [0.1, 0.15) is 24.0 Å². The van der Waals surface area contributed by atoms with Crippen LogP contribution in [0, 0.1) is 6.92 Å². The number of hydrogen-bond acceptors (Lipinski definition) is 2. The number of rotatable bonds is 3. The van der Waals surface area contributed by atoms with Crippen molar-refractivity contribution in [3.05, 3.63) is 35.4 Å². The molecule has 1 aromatic carbocycles. The summed E-state index contributed by atoms with van der Waals surface area (Å²) >= 11 is 0. The standard InChI is InChI=1S/C12H18N2/c1-9-3-2-4-10(5-9)8-14-12-6-11(13)7-12/h2-5,11-12,14H,6-8,13H2,1H3. The molecule has 2 heteroatoms. The average molecular weight is 190 g/mol. The summed E-state index contributed by atoms with van der Waals surface area (Å²) in [6.07, 6.45) is 2.26. The SMILES string of the molecule is Cc1cccc(CNC2CC(N)C2)c1. The number of nitrogens with two attached hydrogens (primary N) is 1. The molecule has 1 aromatic rings. The van der Waals surface area contributed by atoms with Crippen molar-refractivity contribution in [3.63, 3.8) is 0 Å². The van der Waals surface area contributed by atoms with Gasteiger partial charge in [0.25, 0.3) is 0 Å². The van der Waals surface area contributed by atoms with E-state index in [-0.39, 0.29) is 0 Å². The third-order valence-corrected chi connectivity index (χ3v) is 2.85. The molecule has 0 heterocycles. The zero-order chi connectivity index (χ0) is 9.97. The van der Waals surface area contributed by atoms with Crippen LogP contribution in [0.25, 0.3) is 0 Å². The molecule has 2 nitrogen and oxygen atoms in total. The summed E-state index contributed by atoms with van der Waals surface area (Å²) in [7, 11) is 0. The Hall–Kier alpha value is -0.860. The van der Waals surface area contributed by atoms with Crippen LogP contribution in [0.5, 0.6) is 0 Å². The minimum Gasteiger partial charge on any atom is -0.328 e. The fraction of sp³-hybridized carbons (Fsp3) is 0.500. The summed E-state index contributed by atoms with van der Waals surface area (Å²) in [5.74, 6) is 0. The summed E-state index contributed by atoms with van der Waals surface area (Å²) in [6, 6.07) is 9.71. The van der Waals surface area contributed by atoms with E-state index in [1.165, 1.54) is 11.1 Å². The van der Waals surface area contributed by atoms with Crippen LogP contribution in [0.3, 0.4) is 0 Å². The maximum absolute atomic E-state index is 5.72. The van der Waals surface area contributed by atoms with Gasteiger partial charge in [0.15, 0.2) is 0 Å². The van der Waals surface area contributed by atoms with Crippen LogP contribution in [0.4, 0.5) is 0 Å². The fourth-order valence-corrected chi connectivity index (χ4v) is 1.91. The van der Waals surface area contributed by atoms with Crippen molar-refractivity contribution >= 4 is 0 Å². The number of aryl methyl sites for hydroxylation is 1. The first-order valence-electron chi connectivity index (χ1n) is 5.28. The molecule has 0 aliphatic heterocycles. The lowest BCUT2D eigenvalue weighted by Crippen LogP contribution is -2.48. The highest BCUT2D eigenvalue weighted by atomic mass is 14.9. The number of nitrogens with one attached hydrogen (secondary N) is 1. The van der Waals surface area contributed by atoms with E-state index in [1.54, 1.807) is 0 Å². The minimum absolute atomic E-state index is 0.435. The van der Waals surface area contributed by atoms with Gasteiger partial charge in [0.2, 0.25) is 0 Å². The van der Waals surface area contributed by atoms with Gasteiger partial charge in [-0.1, -0.05) is 29.8 Å². The zero-order valence-corrected chi connectivity index (χ0v) is 8.66. The third-order valence-electron chi connectivity index (χ3n) is 2.85. The molecule has 1 saturated carbocycles. The van der Waals surface area contributed by atoms with Crippen LogP contribution < -0.4 is 11.1 Å². The lowest BCUT2D eigenvalue weighted by atomic mass is 9.87. The molecule has 0 saturated heterocycles. The minimum atomic E-state index is 0.435. The molecular formula is C12H18N2. The molecular weight excluding hydrogens is 172 g/mol. The Kier molecular flexibility index (Phi) is 2.85. The second-order valence-electron chi connectivity index (χ2n) is 4.30. The fourth-order valence-electron chi connectivity index (χ4n) is 1.91. The summed E-state index contributed by atoms with van der Waals surface area (Å²) in [5.41, 5.74) is 8.42. The van der Waals surface area contributed by atoms with E-state index in [0.29, 0.717) is 12.1 Å². The second kappa shape index (κ2) is 4.11. The Morgan fingerprint density at radius 1 is 1.43 bits per heavy atom. The maximum atomic E-state index is 5.72. The Bertz CT molecular complexity index is 303. The molecule has 0 aromatic heterocycles. The topological polar surface area (TPSA) is 38.0 Å². The van der Waals surface area contributed by atoms with Crippen LogP contribution >= 0.6 is 0 Å². The predicted octanol–water partition coefficient (Wildman–Crippen LogP) is 1.57. The molecule has 76 valence electrons. The van der Waals surface area contributed by atoms with Crippen molar-refractivity contribution < 1.29 is 0 Å². The van der Waals surface area contributed by atoms with E-state index < -0.39 is 0 Å². The van der Waals surface area contributed by atoms with Gasteiger partial charge in [-0.25, -0.2) is 0 Å². The molecule has 1 aliphatic carbocycles. The van der Waals surface area contributed by atoms with Crippen LogP contribution in [0.15, 0.2) is 24.3 Å². The van der Waals surface area contributed by atoms with Crippen LogP contribution in [0.2, 0.25) is 0 Å². The van der Waals surface area contributed by atoms with Gasteiger partial charge in [0.1, 0.15) is 0 Å². The first-order valence-corrected chi connectivity index (χ1v) is 5.28. The molecule has 1 aliphatic rings. The Morgan fingerprint density at radius 3 is 2.86 bits per heavy atom. The van der Waals surface area contributed by atoms with Crippen molar-refractivity contribution in [3.8, 4) is 0 Å². The first-order chi connectivity index (χ1) is 6.74. The molecule has 0 spiro atoms. The third kappa shape index (κ3) is 2.34. The lowest BCUT2D eigenvalue weighted by molar-refractivity contribution is 0.291. The van der Waals surface area contributed by atoms with Gasteiger partial charge in [-0.15, -0.1) is 0 Å². The quantitative estimate of drug-likeness (QED) is 0.759. The number of benzene rings is 1. The molecule has 0 bridgehead atoms. The first kappa shape index (κ1) is 9.69. The van der Waals surface area contributed by atoms with E-state index >= 15 is 0 Å². The van der Waals surface area contributed by atoms with Gasteiger partial charge < -0.3 is 11.1 Å². The Balaban J connectivity index is 1.80. The molecule has 0 atom stereocenters. The normalized spacial score (nSPS) is 25.9. The smallest absolute Gasteiger partial charge is 0.0208 e. The van der Waals surface area contributed by atoms with E-state index in [4.69, 9.17) is 5.73 Å². The van der Waals surface area contributed by atoms with Gasteiger partial charge in [-0.05, 0) is 25.3 Å². The zero-order valence-electron chi connectivity index (χ0n) is 8.66. The van der Waals surface area contributed by atoms with Gasteiger partial charge in [0.05, 0.1) is 0 Å². The summed E-state index contributed by atoms with van der Waals surface area (Å²) in [4.78, 5) is 0. The highest BCUT2D eigenvalue weighted by Crippen LogP contribution is 2.17. The summed E-state index contributed by atoms with van der Waals surface area (Å²) < 4.78 is 0. The number of hydrogen-bond donors (Lipinski definition) is 2. The Morgan fingerprint density at radius 2 is 2.21 bits per heavy atom. The second-order valence-corrected chi connectivity index (χ2v) is 4.30. The van der Waals surface area contributed by atoms with E-state index in [2.05, 4.69) is 36.5 Å². The molecule has 0 unspecified atom stereocenters. The molecule has 1 fully saturated rings. The molecule has 3 N–H and O–H groups in total. The highest BCUT2D eigenvalue weighted by molar-refractivity contribution is 5.22. The molecule has 0 amide bonds. The monoisotopic (exact) mass is 190 g/mol. The summed E-state index contributed by atoms with van der Waals surface area (Å²) in [5, 5.41) is 3.51. The van der Waals surface area contributed by atoms with Gasteiger partial charge >= 0.3 is 0 Å². The maximum Gasteiger partial charge on any atom is 0.0208 e. The predicted molar refractivity (Wildman–Crippen MR) is 59.0 cm³/mol. The molecule has 2 rings (SSSR count). The highest BCUT2D eigenvalue weighted by Gasteiger charge is 2.24. The van der Waals surface area contributed by atoms with Crippen molar-refractivity contribution in [2.24, 2.45) is 5.73 Å². The van der Waals surface area contributed by atoms with E-state index in [1.807, 2.05) is 0 Å². The lowest BCUT2D eigenvalue weighted by Gasteiger charge is -2.33. The largest absolute Gasteiger partial charge is 0.328 e. The van der Waals surface area contributed by atoms with Crippen LogP contribution in [-0.2, 0) is 6.54 Å². The van der Waals surface area contributed by atoms with Crippen molar-refractivity contribution in [2.75, 3.05) is 0 Å². The average Bonchev–Trinajstić information content (AvgIpc) is 2.11.